The first-order valence-corrected chi connectivity index (χ1v) is 6.27. The monoisotopic (exact) mass is 268 g/mol. The Bertz CT molecular complexity index is 630. The number of benzene rings is 1. The van der Waals surface area contributed by atoms with E-state index in [-0.39, 0.29) is 6.10 Å². The standard InChI is InChI=1S/C16H16N2O2/c1-11(19-2)12-4-6-13(7-5-12)14-8-9-18-16(20-3)15(14)10-17/h4-9,11H,1-3H3/t11-/m1/s1. The molecule has 0 aliphatic heterocycles. The van der Waals surface area contributed by atoms with Crippen LogP contribution in [0.5, 0.6) is 5.88 Å². The van der Waals surface area contributed by atoms with Gasteiger partial charge in [0.15, 0.2) is 0 Å². The number of methoxy groups -OCH3 is 2. The van der Waals surface area contributed by atoms with Gasteiger partial charge in [0.05, 0.1) is 13.2 Å². The van der Waals surface area contributed by atoms with Crippen molar-refractivity contribution in [1.82, 2.24) is 4.98 Å². The fraction of sp³-hybridized carbons (Fsp3) is 0.250. The third kappa shape index (κ3) is 2.63. The molecule has 0 aliphatic carbocycles. The largest absolute Gasteiger partial charge is 0.480 e. The summed E-state index contributed by atoms with van der Waals surface area (Å²) in [6.45, 7) is 1.99. The van der Waals surface area contributed by atoms with Crippen LogP contribution < -0.4 is 4.74 Å². The Morgan fingerprint density at radius 1 is 1.15 bits per heavy atom. The van der Waals surface area contributed by atoms with Crippen LogP contribution in [0.25, 0.3) is 11.1 Å². The van der Waals surface area contributed by atoms with Crippen molar-refractivity contribution in [3.8, 4) is 23.1 Å². The summed E-state index contributed by atoms with van der Waals surface area (Å²) in [7, 11) is 3.19. The third-order valence-corrected chi connectivity index (χ3v) is 3.27. The van der Waals surface area contributed by atoms with Crippen molar-refractivity contribution in [2.45, 2.75) is 13.0 Å². The van der Waals surface area contributed by atoms with Crippen LogP contribution in [-0.2, 0) is 4.74 Å². The summed E-state index contributed by atoms with van der Waals surface area (Å²) in [6, 6.07) is 11.9. The first kappa shape index (κ1) is 14.0. The molecule has 2 aromatic rings. The van der Waals surface area contributed by atoms with Gasteiger partial charge >= 0.3 is 0 Å². The van der Waals surface area contributed by atoms with Crippen molar-refractivity contribution in [1.29, 1.82) is 5.26 Å². The molecule has 0 saturated heterocycles. The molecular weight excluding hydrogens is 252 g/mol. The van der Waals surface area contributed by atoms with E-state index in [9.17, 15) is 5.26 Å². The molecule has 0 radical (unpaired) electrons. The Labute approximate surface area is 118 Å². The van der Waals surface area contributed by atoms with E-state index in [0.717, 1.165) is 16.7 Å². The van der Waals surface area contributed by atoms with Crippen molar-refractivity contribution >= 4 is 0 Å². The Morgan fingerprint density at radius 3 is 2.40 bits per heavy atom. The first-order chi connectivity index (χ1) is 9.71. The molecule has 0 bridgehead atoms. The summed E-state index contributed by atoms with van der Waals surface area (Å²) in [6.07, 6.45) is 1.69. The molecule has 1 aromatic heterocycles. The van der Waals surface area contributed by atoms with Gasteiger partial charge in [0.25, 0.3) is 0 Å². The molecule has 0 spiro atoms. The average Bonchev–Trinajstić information content (AvgIpc) is 2.53. The minimum atomic E-state index is 0.0477. The topological polar surface area (TPSA) is 55.1 Å². The molecular formula is C16H16N2O2. The quantitative estimate of drug-likeness (QED) is 0.853. The van der Waals surface area contributed by atoms with Gasteiger partial charge in [-0.05, 0) is 24.1 Å². The predicted molar refractivity (Wildman–Crippen MR) is 76.4 cm³/mol. The lowest BCUT2D eigenvalue weighted by molar-refractivity contribution is 0.119. The highest BCUT2D eigenvalue weighted by Crippen LogP contribution is 2.29. The van der Waals surface area contributed by atoms with E-state index < -0.39 is 0 Å². The summed E-state index contributed by atoms with van der Waals surface area (Å²) in [5.74, 6) is 0.347. The normalized spacial score (nSPS) is 11.7. The summed E-state index contributed by atoms with van der Waals surface area (Å²) in [5, 5.41) is 9.28. The summed E-state index contributed by atoms with van der Waals surface area (Å²) < 4.78 is 10.4. The maximum absolute atomic E-state index is 9.28. The van der Waals surface area contributed by atoms with Crippen LogP contribution in [0.2, 0.25) is 0 Å². The van der Waals surface area contributed by atoms with Crippen LogP contribution >= 0.6 is 0 Å². The second kappa shape index (κ2) is 6.18. The molecule has 1 atom stereocenters. The smallest absolute Gasteiger partial charge is 0.232 e. The summed E-state index contributed by atoms with van der Waals surface area (Å²) >= 11 is 0. The number of nitrogens with zero attached hydrogens (tertiary/aromatic N) is 2. The molecule has 0 unspecified atom stereocenters. The molecule has 1 heterocycles. The SMILES string of the molecule is COc1nccc(-c2ccc([C@@H](C)OC)cc2)c1C#N. The molecule has 4 heteroatoms. The number of nitriles is 1. The molecule has 1 aromatic carbocycles. The highest BCUT2D eigenvalue weighted by Gasteiger charge is 2.12. The van der Waals surface area contributed by atoms with Gasteiger partial charge in [-0.2, -0.15) is 5.26 Å². The van der Waals surface area contributed by atoms with E-state index in [1.807, 2.05) is 37.3 Å². The van der Waals surface area contributed by atoms with E-state index in [1.54, 1.807) is 13.3 Å². The predicted octanol–water partition coefficient (Wildman–Crippen LogP) is 3.34. The minimum Gasteiger partial charge on any atom is -0.480 e. The van der Waals surface area contributed by atoms with Crippen LogP contribution in [0.4, 0.5) is 0 Å². The molecule has 0 fully saturated rings. The van der Waals surface area contributed by atoms with Gasteiger partial charge in [-0.25, -0.2) is 4.98 Å². The van der Waals surface area contributed by atoms with Gasteiger partial charge in [-0.1, -0.05) is 24.3 Å². The number of ether oxygens (including phenoxy) is 2. The number of pyridine rings is 1. The molecule has 0 aliphatic rings. The van der Waals surface area contributed by atoms with Crippen molar-refractivity contribution in [3.05, 3.63) is 47.7 Å². The van der Waals surface area contributed by atoms with Crippen LogP contribution in [0.3, 0.4) is 0 Å². The second-order valence-corrected chi connectivity index (χ2v) is 4.35. The van der Waals surface area contributed by atoms with Gasteiger partial charge in [0.2, 0.25) is 5.88 Å². The number of hydrogen-bond donors (Lipinski definition) is 0. The van der Waals surface area contributed by atoms with Crippen molar-refractivity contribution in [2.75, 3.05) is 14.2 Å². The van der Waals surface area contributed by atoms with E-state index in [1.165, 1.54) is 7.11 Å². The van der Waals surface area contributed by atoms with E-state index in [4.69, 9.17) is 9.47 Å². The molecule has 4 nitrogen and oxygen atoms in total. The maximum Gasteiger partial charge on any atom is 0.232 e. The summed E-state index contributed by atoms with van der Waals surface area (Å²) in [5.41, 5.74) is 3.31. The lowest BCUT2D eigenvalue weighted by atomic mass is 9.99. The van der Waals surface area contributed by atoms with Crippen LogP contribution in [0.15, 0.2) is 36.5 Å². The molecule has 20 heavy (non-hydrogen) atoms. The molecule has 0 saturated carbocycles. The van der Waals surface area contributed by atoms with E-state index >= 15 is 0 Å². The maximum atomic E-state index is 9.28. The van der Waals surface area contributed by atoms with Gasteiger partial charge in [0.1, 0.15) is 11.6 Å². The lowest BCUT2D eigenvalue weighted by Gasteiger charge is -2.11. The van der Waals surface area contributed by atoms with E-state index in [2.05, 4.69) is 11.1 Å². The van der Waals surface area contributed by atoms with Crippen LogP contribution in [0.1, 0.15) is 24.2 Å². The fourth-order valence-electron chi connectivity index (χ4n) is 2.02. The van der Waals surface area contributed by atoms with Gasteiger partial charge in [0, 0.05) is 18.9 Å². The van der Waals surface area contributed by atoms with Crippen molar-refractivity contribution in [3.63, 3.8) is 0 Å². The van der Waals surface area contributed by atoms with Crippen molar-refractivity contribution < 1.29 is 9.47 Å². The van der Waals surface area contributed by atoms with Gasteiger partial charge in [-0.15, -0.1) is 0 Å². The number of aromatic nitrogens is 1. The number of hydrogen-bond acceptors (Lipinski definition) is 4. The molecule has 2 rings (SSSR count). The van der Waals surface area contributed by atoms with E-state index in [0.29, 0.717) is 11.4 Å². The van der Waals surface area contributed by atoms with Gasteiger partial charge < -0.3 is 9.47 Å². The summed E-state index contributed by atoms with van der Waals surface area (Å²) in [4.78, 5) is 4.05. The number of rotatable bonds is 4. The zero-order chi connectivity index (χ0) is 14.5. The zero-order valence-corrected chi connectivity index (χ0v) is 11.8. The molecule has 0 amide bonds. The van der Waals surface area contributed by atoms with Crippen molar-refractivity contribution in [2.24, 2.45) is 0 Å². The lowest BCUT2D eigenvalue weighted by Crippen LogP contribution is -1.96. The highest BCUT2D eigenvalue weighted by molar-refractivity contribution is 5.72. The first-order valence-electron chi connectivity index (χ1n) is 6.27. The third-order valence-electron chi connectivity index (χ3n) is 3.27. The Balaban J connectivity index is 2.45. The molecule has 102 valence electrons. The Hall–Kier alpha value is -2.38. The second-order valence-electron chi connectivity index (χ2n) is 4.35. The highest BCUT2D eigenvalue weighted by atomic mass is 16.5. The minimum absolute atomic E-state index is 0.0477. The van der Waals surface area contributed by atoms with Crippen LogP contribution in [0, 0.1) is 11.3 Å². The Kier molecular flexibility index (Phi) is 4.34. The Morgan fingerprint density at radius 2 is 1.85 bits per heavy atom. The van der Waals surface area contributed by atoms with Gasteiger partial charge in [-0.3, -0.25) is 0 Å². The molecule has 0 N–H and O–H groups in total. The average molecular weight is 268 g/mol. The van der Waals surface area contributed by atoms with Crippen LogP contribution in [-0.4, -0.2) is 19.2 Å². The fourth-order valence-corrected chi connectivity index (χ4v) is 2.02. The zero-order valence-electron chi connectivity index (χ0n) is 11.8.